The molecule has 2 aromatic rings. The van der Waals surface area contributed by atoms with Crippen molar-refractivity contribution in [1.29, 1.82) is 0 Å². The summed E-state index contributed by atoms with van der Waals surface area (Å²) in [5, 5.41) is 1.36. The van der Waals surface area contributed by atoms with E-state index in [-0.39, 0.29) is 4.90 Å². The van der Waals surface area contributed by atoms with Crippen LogP contribution in [0.15, 0.2) is 47.4 Å². The molecule has 2 heterocycles. The van der Waals surface area contributed by atoms with Crippen molar-refractivity contribution in [3.8, 4) is 11.5 Å². The monoisotopic (exact) mass is 391 g/mol. The van der Waals surface area contributed by atoms with Crippen molar-refractivity contribution in [3.63, 3.8) is 0 Å². The molecule has 1 amide bonds. The largest absolute Gasteiger partial charge is 0.497 e. The van der Waals surface area contributed by atoms with Gasteiger partial charge in [0.15, 0.2) is 20.8 Å². The zero-order valence-electron chi connectivity index (χ0n) is 14.7. The van der Waals surface area contributed by atoms with E-state index in [2.05, 4.69) is 5.32 Å². The molecular weight excluding hydrogens is 373 g/mol. The van der Waals surface area contributed by atoms with Gasteiger partial charge in [-0.1, -0.05) is 6.07 Å². The number of ether oxygens (including phenoxy) is 2. The third-order valence-electron chi connectivity index (χ3n) is 5.05. The van der Waals surface area contributed by atoms with Gasteiger partial charge in [0.25, 0.3) is 0 Å². The second-order valence-electron chi connectivity index (χ2n) is 6.96. The molecule has 2 bridgehead atoms. The quantitative estimate of drug-likeness (QED) is 0.813. The average molecular weight is 391 g/mol. The van der Waals surface area contributed by atoms with Crippen LogP contribution in [-0.4, -0.2) is 32.4 Å². The van der Waals surface area contributed by atoms with Gasteiger partial charge in [0.1, 0.15) is 17.3 Å². The molecule has 1 N–H and O–H groups in total. The number of rotatable bonds is 3. The topological polar surface area (TPSA) is 81.7 Å². The Morgan fingerprint density at radius 3 is 2.59 bits per heavy atom. The number of carbonyl (C=O) groups is 1. The number of hydrogen-bond acceptors (Lipinski definition) is 5. The van der Waals surface area contributed by atoms with Crippen molar-refractivity contribution in [2.45, 2.75) is 35.1 Å². The van der Waals surface area contributed by atoms with Crippen LogP contribution in [0.25, 0.3) is 0 Å². The lowest BCUT2D eigenvalue weighted by Crippen LogP contribution is -2.63. The van der Waals surface area contributed by atoms with Crippen molar-refractivity contribution in [1.82, 2.24) is 5.32 Å². The number of nitrogens with one attached hydrogen (secondary N) is 1. The fourth-order valence-electron chi connectivity index (χ4n) is 3.84. The van der Waals surface area contributed by atoms with Crippen LogP contribution in [0.2, 0.25) is 0 Å². The summed E-state index contributed by atoms with van der Waals surface area (Å²) in [6, 6.07) is 9.61. The number of halogens is 1. The van der Waals surface area contributed by atoms with Crippen molar-refractivity contribution >= 4 is 15.7 Å². The fraction of sp³-hybridized carbons (Fsp3) is 0.316. The molecule has 1 saturated heterocycles. The number of amides is 1. The molecule has 2 aromatic carbocycles. The minimum atomic E-state index is -4.03. The first-order chi connectivity index (χ1) is 12.7. The second kappa shape index (κ2) is 5.95. The van der Waals surface area contributed by atoms with E-state index in [1.54, 1.807) is 25.1 Å². The zero-order chi connectivity index (χ0) is 19.4. The van der Waals surface area contributed by atoms with Gasteiger partial charge in [0, 0.05) is 18.4 Å². The van der Waals surface area contributed by atoms with Crippen LogP contribution in [0.3, 0.4) is 0 Å². The Bertz CT molecular complexity index is 1020. The Kier molecular flexibility index (Phi) is 3.92. The highest BCUT2D eigenvalue weighted by molar-refractivity contribution is 7.92. The van der Waals surface area contributed by atoms with Gasteiger partial charge in [-0.15, -0.1) is 0 Å². The SMILES string of the molecule is COc1ccc2c(c1)OC1(C)CC2C(S(=O)(=O)c2ccc(F)cc2)C(=O)N1. The predicted molar refractivity (Wildman–Crippen MR) is 94.9 cm³/mol. The number of hydrogen-bond donors (Lipinski definition) is 1. The predicted octanol–water partition coefficient (Wildman–Crippen LogP) is 2.39. The smallest absolute Gasteiger partial charge is 0.242 e. The van der Waals surface area contributed by atoms with Crippen molar-refractivity contribution in [3.05, 3.63) is 53.8 Å². The number of piperidine rings is 1. The van der Waals surface area contributed by atoms with Crippen molar-refractivity contribution in [2.24, 2.45) is 0 Å². The Labute approximate surface area is 156 Å². The normalized spacial score (nSPS) is 26.6. The zero-order valence-corrected chi connectivity index (χ0v) is 15.5. The van der Waals surface area contributed by atoms with E-state index >= 15 is 0 Å². The van der Waals surface area contributed by atoms with Crippen LogP contribution in [0.1, 0.15) is 24.8 Å². The molecule has 2 aliphatic rings. The first kappa shape index (κ1) is 17.8. The highest BCUT2D eigenvalue weighted by Gasteiger charge is 2.54. The summed E-state index contributed by atoms with van der Waals surface area (Å²) in [4.78, 5) is 12.7. The maximum absolute atomic E-state index is 13.2. The van der Waals surface area contributed by atoms with Gasteiger partial charge >= 0.3 is 0 Å². The van der Waals surface area contributed by atoms with Crippen LogP contribution in [0.4, 0.5) is 4.39 Å². The molecule has 6 nitrogen and oxygen atoms in total. The first-order valence-corrected chi connectivity index (χ1v) is 9.97. The van der Waals surface area contributed by atoms with E-state index in [0.29, 0.717) is 23.5 Å². The highest BCUT2D eigenvalue weighted by atomic mass is 32.2. The molecule has 0 saturated carbocycles. The molecule has 1 fully saturated rings. The van der Waals surface area contributed by atoms with Gasteiger partial charge < -0.3 is 14.8 Å². The molecule has 0 aromatic heterocycles. The third-order valence-corrected chi connectivity index (χ3v) is 7.19. The Balaban J connectivity index is 1.84. The number of sulfone groups is 1. The van der Waals surface area contributed by atoms with Gasteiger partial charge in [0.2, 0.25) is 5.91 Å². The van der Waals surface area contributed by atoms with E-state index in [9.17, 15) is 17.6 Å². The molecule has 2 aliphatic heterocycles. The van der Waals surface area contributed by atoms with Gasteiger partial charge in [-0.3, -0.25) is 4.79 Å². The van der Waals surface area contributed by atoms with E-state index < -0.39 is 38.5 Å². The molecule has 27 heavy (non-hydrogen) atoms. The van der Waals surface area contributed by atoms with Crippen LogP contribution < -0.4 is 14.8 Å². The van der Waals surface area contributed by atoms with Gasteiger partial charge in [-0.05, 0) is 42.8 Å². The van der Waals surface area contributed by atoms with Gasteiger partial charge in [-0.2, -0.15) is 0 Å². The Hall–Kier alpha value is -2.61. The third kappa shape index (κ3) is 2.84. The van der Waals surface area contributed by atoms with Crippen LogP contribution >= 0.6 is 0 Å². The summed E-state index contributed by atoms with van der Waals surface area (Å²) in [6.45, 7) is 1.71. The van der Waals surface area contributed by atoms with Gasteiger partial charge in [0.05, 0.1) is 12.0 Å². The minimum absolute atomic E-state index is 0.0887. The molecule has 0 radical (unpaired) electrons. The number of fused-ring (bicyclic) bond motifs is 4. The number of benzene rings is 2. The minimum Gasteiger partial charge on any atom is -0.497 e. The molecule has 3 unspecified atom stereocenters. The molecule has 4 rings (SSSR count). The summed E-state index contributed by atoms with van der Waals surface area (Å²) >= 11 is 0. The maximum atomic E-state index is 13.2. The summed E-state index contributed by atoms with van der Waals surface area (Å²) in [6.07, 6.45) is 0.309. The fourth-order valence-corrected chi connectivity index (χ4v) is 5.66. The van der Waals surface area contributed by atoms with E-state index in [1.807, 2.05) is 0 Å². The van der Waals surface area contributed by atoms with Crippen LogP contribution in [0, 0.1) is 5.82 Å². The molecular formula is C19H18FNO5S. The lowest BCUT2D eigenvalue weighted by molar-refractivity contribution is -0.132. The summed E-state index contributed by atoms with van der Waals surface area (Å²) in [5.74, 6) is -0.708. The summed E-state index contributed by atoms with van der Waals surface area (Å²) in [5.41, 5.74) is -0.366. The summed E-state index contributed by atoms with van der Waals surface area (Å²) < 4.78 is 50.7. The lowest BCUT2D eigenvalue weighted by atomic mass is 9.81. The number of carbonyl (C=O) groups excluding carboxylic acids is 1. The highest BCUT2D eigenvalue weighted by Crippen LogP contribution is 2.48. The summed E-state index contributed by atoms with van der Waals surface area (Å²) in [7, 11) is -2.50. The van der Waals surface area contributed by atoms with Crippen molar-refractivity contribution < 1.29 is 27.1 Å². The second-order valence-corrected chi connectivity index (χ2v) is 9.03. The van der Waals surface area contributed by atoms with Crippen LogP contribution in [-0.2, 0) is 14.6 Å². The number of methoxy groups -OCH3 is 1. The molecule has 0 spiro atoms. The molecule has 3 atom stereocenters. The molecule has 0 aliphatic carbocycles. The van der Waals surface area contributed by atoms with E-state index in [1.165, 1.54) is 19.2 Å². The van der Waals surface area contributed by atoms with Gasteiger partial charge in [-0.25, -0.2) is 12.8 Å². The Morgan fingerprint density at radius 2 is 1.93 bits per heavy atom. The van der Waals surface area contributed by atoms with E-state index in [4.69, 9.17) is 9.47 Å². The van der Waals surface area contributed by atoms with Crippen LogP contribution in [0.5, 0.6) is 11.5 Å². The van der Waals surface area contributed by atoms with E-state index in [0.717, 1.165) is 12.1 Å². The average Bonchev–Trinajstić information content (AvgIpc) is 2.60. The maximum Gasteiger partial charge on any atom is 0.242 e. The standard InChI is InChI=1S/C19H18FNO5S/c1-19-10-15(14-8-5-12(25-2)9-16(14)26-19)17(18(22)21-19)27(23,24)13-6-3-11(20)4-7-13/h3-9,15,17H,10H2,1-2H3,(H,21,22). The van der Waals surface area contributed by atoms with Crippen molar-refractivity contribution in [2.75, 3.05) is 7.11 Å². The first-order valence-electron chi connectivity index (χ1n) is 8.42. The molecule has 8 heteroatoms. The molecule has 142 valence electrons. The lowest BCUT2D eigenvalue weighted by Gasteiger charge is -2.46. The Morgan fingerprint density at radius 1 is 1.22 bits per heavy atom.